The average Bonchev–Trinajstić information content (AvgIpc) is 3.32. The van der Waals surface area contributed by atoms with Gasteiger partial charge in [0.15, 0.2) is 17.3 Å². The number of benzene rings is 2. The highest BCUT2D eigenvalue weighted by Gasteiger charge is 2.14. The molecule has 154 valence electrons. The molecule has 6 nitrogen and oxygen atoms in total. The number of esters is 1. The Morgan fingerprint density at radius 1 is 0.867 bits per heavy atom. The number of carbonyl (C=O) groups is 2. The molecule has 0 saturated carbocycles. The monoisotopic (exact) mass is 424 g/mol. The van der Waals surface area contributed by atoms with Crippen molar-refractivity contribution in [3.63, 3.8) is 0 Å². The summed E-state index contributed by atoms with van der Waals surface area (Å²) in [5, 5.41) is 1.80. The maximum atomic E-state index is 12.6. The van der Waals surface area contributed by atoms with Gasteiger partial charge in [-0.3, -0.25) is 4.79 Å². The summed E-state index contributed by atoms with van der Waals surface area (Å²) in [6.45, 7) is 0. The van der Waals surface area contributed by atoms with Crippen LogP contribution in [0.4, 0.5) is 0 Å². The first-order valence-corrected chi connectivity index (χ1v) is 9.82. The van der Waals surface area contributed by atoms with Crippen molar-refractivity contribution in [3.8, 4) is 23.0 Å². The van der Waals surface area contributed by atoms with Crippen LogP contribution >= 0.6 is 11.3 Å². The van der Waals surface area contributed by atoms with Crippen LogP contribution in [0.25, 0.3) is 6.08 Å². The predicted molar refractivity (Wildman–Crippen MR) is 115 cm³/mol. The number of methoxy groups -OCH3 is 3. The van der Waals surface area contributed by atoms with Crippen molar-refractivity contribution >= 4 is 29.2 Å². The van der Waals surface area contributed by atoms with E-state index in [-0.39, 0.29) is 5.78 Å². The van der Waals surface area contributed by atoms with E-state index in [1.807, 2.05) is 0 Å². The van der Waals surface area contributed by atoms with Gasteiger partial charge in [-0.2, -0.15) is 0 Å². The molecule has 0 aliphatic heterocycles. The highest BCUT2D eigenvalue weighted by molar-refractivity contribution is 7.12. The smallest absolute Gasteiger partial charge is 0.353 e. The van der Waals surface area contributed by atoms with E-state index in [1.54, 1.807) is 60.0 Å². The van der Waals surface area contributed by atoms with Crippen molar-refractivity contribution in [3.05, 3.63) is 76.0 Å². The van der Waals surface area contributed by atoms with Crippen molar-refractivity contribution < 1.29 is 28.5 Å². The number of ketones is 1. The molecule has 0 atom stereocenters. The minimum atomic E-state index is -0.452. The van der Waals surface area contributed by atoms with E-state index in [9.17, 15) is 9.59 Å². The van der Waals surface area contributed by atoms with Crippen molar-refractivity contribution in [2.24, 2.45) is 0 Å². The molecule has 1 aromatic heterocycles. The number of ether oxygens (including phenoxy) is 4. The Bertz CT molecular complexity index is 1070. The molecule has 3 rings (SSSR count). The van der Waals surface area contributed by atoms with Gasteiger partial charge in [-0.15, -0.1) is 11.3 Å². The van der Waals surface area contributed by atoms with E-state index in [1.165, 1.54) is 38.7 Å². The van der Waals surface area contributed by atoms with E-state index < -0.39 is 5.97 Å². The molecule has 0 radical (unpaired) electrons. The van der Waals surface area contributed by atoms with E-state index in [0.29, 0.717) is 39.0 Å². The van der Waals surface area contributed by atoms with Gasteiger partial charge in [-0.05, 0) is 53.4 Å². The van der Waals surface area contributed by atoms with Crippen LogP contribution in [0.5, 0.6) is 23.0 Å². The molecular formula is C23H20O6S. The lowest BCUT2D eigenvalue weighted by molar-refractivity contribution is 0.0734. The summed E-state index contributed by atoms with van der Waals surface area (Å²) < 4.78 is 21.2. The van der Waals surface area contributed by atoms with E-state index in [4.69, 9.17) is 18.9 Å². The van der Waals surface area contributed by atoms with Crippen molar-refractivity contribution in [2.45, 2.75) is 0 Å². The van der Waals surface area contributed by atoms with E-state index in [2.05, 4.69) is 0 Å². The lowest BCUT2D eigenvalue weighted by atomic mass is 10.1. The summed E-state index contributed by atoms with van der Waals surface area (Å²) in [4.78, 5) is 25.3. The minimum Gasteiger partial charge on any atom is -0.497 e. The van der Waals surface area contributed by atoms with Gasteiger partial charge in [0.2, 0.25) is 0 Å². The minimum absolute atomic E-state index is 0.238. The van der Waals surface area contributed by atoms with Crippen LogP contribution in [0.1, 0.15) is 25.6 Å². The van der Waals surface area contributed by atoms with Crippen LogP contribution in [-0.4, -0.2) is 33.1 Å². The fourth-order valence-electron chi connectivity index (χ4n) is 2.69. The molecule has 0 saturated heterocycles. The largest absolute Gasteiger partial charge is 0.497 e. The van der Waals surface area contributed by atoms with Gasteiger partial charge in [-0.25, -0.2) is 4.79 Å². The second kappa shape index (κ2) is 9.76. The van der Waals surface area contributed by atoms with Crippen LogP contribution in [0.3, 0.4) is 0 Å². The Kier molecular flexibility index (Phi) is 6.87. The highest BCUT2D eigenvalue weighted by atomic mass is 32.1. The Morgan fingerprint density at radius 2 is 1.63 bits per heavy atom. The van der Waals surface area contributed by atoms with Gasteiger partial charge in [0, 0.05) is 0 Å². The Labute approximate surface area is 178 Å². The summed E-state index contributed by atoms with van der Waals surface area (Å²) in [5.74, 6) is 1.01. The quantitative estimate of drug-likeness (QED) is 0.222. The summed E-state index contributed by atoms with van der Waals surface area (Å²) >= 11 is 1.30. The first kappa shape index (κ1) is 21.1. The fourth-order valence-corrected chi connectivity index (χ4v) is 3.28. The van der Waals surface area contributed by atoms with Crippen molar-refractivity contribution in [2.75, 3.05) is 21.3 Å². The second-order valence-electron chi connectivity index (χ2n) is 6.04. The van der Waals surface area contributed by atoms with Crippen molar-refractivity contribution in [1.29, 1.82) is 0 Å². The Hall–Kier alpha value is -3.58. The molecule has 0 unspecified atom stereocenters. The second-order valence-corrected chi connectivity index (χ2v) is 6.99. The molecule has 3 aromatic rings. The summed E-state index contributed by atoms with van der Waals surface area (Å²) in [6.07, 6.45) is 3.08. The molecule has 0 bridgehead atoms. The topological polar surface area (TPSA) is 71.1 Å². The number of thiophene rings is 1. The molecule has 30 heavy (non-hydrogen) atoms. The van der Waals surface area contributed by atoms with Crippen LogP contribution in [0.2, 0.25) is 0 Å². The number of hydrogen-bond donors (Lipinski definition) is 0. The standard InChI is InChI=1S/C23H20O6S/c1-26-16-8-11-19(27-2)17(14-16)18(24)9-6-15-7-10-20(21(13-15)28-3)29-23(25)22-5-4-12-30-22/h4-14H,1-3H3/b9-6+. The van der Waals surface area contributed by atoms with Gasteiger partial charge in [0.1, 0.15) is 16.4 Å². The Balaban J connectivity index is 1.79. The zero-order chi connectivity index (χ0) is 21.5. The lowest BCUT2D eigenvalue weighted by Crippen LogP contribution is -2.07. The fraction of sp³-hybridized carbons (Fsp3) is 0.130. The van der Waals surface area contributed by atoms with Gasteiger partial charge in [-0.1, -0.05) is 18.2 Å². The molecule has 0 spiro atoms. The number of rotatable bonds is 8. The summed E-state index contributed by atoms with van der Waals surface area (Å²) in [6, 6.07) is 13.5. The molecule has 2 aromatic carbocycles. The van der Waals surface area contributed by atoms with Gasteiger partial charge >= 0.3 is 5.97 Å². The molecule has 0 fully saturated rings. The molecule has 7 heteroatoms. The average molecular weight is 424 g/mol. The maximum absolute atomic E-state index is 12.6. The van der Waals surface area contributed by atoms with Crippen LogP contribution < -0.4 is 18.9 Å². The molecule has 0 amide bonds. The zero-order valence-corrected chi connectivity index (χ0v) is 17.5. The maximum Gasteiger partial charge on any atom is 0.353 e. The summed E-state index contributed by atoms with van der Waals surface area (Å²) in [5.41, 5.74) is 1.10. The molecule has 0 aliphatic carbocycles. The van der Waals surface area contributed by atoms with E-state index in [0.717, 1.165) is 0 Å². The molecule has 0 aliphatic rings. The van der Waals surface area contributed by atoms with Gasteiger partial charge < -0.3 is 18.9 Å². The predicted octanol–water partition coefficient (Wildman–Crippen LogP) is 4.89. The SMILES string of the molecule is COc1ccc(OC)c(C(=O)/C=C/c2ccc(OC(=O)c3cccs3)c(OC)c2)c1. The Morgan fingerprint density at radius 3 is 2.30 bits per heavy atom. The normalized spacial score (nSPS) is 10.6. The molecule has 0 N–H and O–H groups in total. The van der Waals surface area contributed by atoms with Gasteiger partial charge in [0.05, 0.1) is 26.9 Å². The first-order valence-electron chi connectivity index (χ1n) is 8.94. The first-order chi connectivity index (χ1) is 14.5. The van der Waals surface area contributed by atoms with Gasteiger partial charge in [0.25, 0.3) is 0 Å². The zero-order valence-electron chi connectivity index (χ0n) is 16.7. The third kappa shape index (κ3) is 4.87. The summed E-state index contributed by atoms with van der Waals surface area (Å²) in [7, 11) is 4.52. The van der Waals surface area contributed by atoms with Crippen LogP contribution in [0.15, 0.2) is 60.0 Å². The molecular weight excluding hydrogens is 404 g/mol. The lowest BCUT2D eigenvalue weighted by Gasteiger charge is -2.09. The van der Waals surface area contributed by atoms with Crippen LogP contribution in [-0.2, 0) is 0 Å². The van der Waals surface area contributed by atoms with Crippen LogP contribution in [0, 0.1) is 0 Å². The van der Waals surface area contributed by atoms with E-state index >= 15 is 0 Å². The van der Waals surface area contributed by atoms with Crippen molar-refractivity contribution in [1.82, 2.24) is 0 Å². The third-order valence-corrected chi connectivity index (χ3v) is 5.06. The number of carbonyl (C=O) groups excluding carboxylic acids is 2. The highest BCUT2D eigenvalue weighted by Crippen LogP contribution is 2.30. The molecule has 1 heterocycles. The number of allylic oxidation sites excluding steroid dienone is 1. The number of hydrogen-bond acceptors (Lipinski definition) is 7. The third-order valence-electron chi connectivity index (χ3n) is 4.21.